The minimum Gasteiger partial charge on any atom is -0.399 e. The first-order valence-corrected chi connectivity index (χ1v) is 5.17. The van der Waals surface area contributed by atoms with E-state index in [9.17, 15) is 0 Å². The van der Waals surface area contributed by atoms with E-state index in [2.05, 4.69) is 10.2 Å². The lowest BCUT2D eigenvalue weighted by Crippen LogP contribution is -1.89. The fourth-order valence-corrected chi connectivity index (χ4v) is 1.87. The molecular weight excluding hydrogens is 256 g/mol. The molecular formula is C9H6Cl3N3. The lowest BCUT2D eigenvalue weighted by atomic mass is 10.1. The van der Waals surface area contributed by atoms with Gasteiger partial charge in [-0.25, -0.2) is 0 Å². The number of anilines is 1. The number of nitrogen functional groups attached to an aromatic ring is 1. The molecule has 0 radical (unpaired) electrons. The SMILES string of the molecule is Nc1cc(Cl)c(Cl)c(-c2n[nH]cc2Cl)c1. The second-order valence-electron chi connectivity index (χ2n) is 2.95. The molecule has 78 valence electrons. The fraction of sp³-hybridized carbons (Fsp3) is 0. The number of benzene rings is 1. The van der Waals surface area contributed by atoms with Crippen LogP contribution >= 0.6 is 34.8 Å². The van der Waals surface area contributed by atoms with Gasteiger partial charge in [-0.05, 0) is 12.1 Å². The van der Waals surface area contributed by atoms with E-state index in [0.29, 0.717) is 32.0 Å². The first kappa shape index (κ1) is 10.6. The molecule has 0 aliphatic carbocycles. The topological polar surface area (TPSA) is 54.7 Å². The summed E-state index contributed by atoms with van der Waals surface area (Å²) in [6.07, 6.45) is 1.56. The van der Waals surface area contributed by atoms with Gasteiger partial charge in [0, 0.05) is 17.4 Å². The quantitative estimate of drug-likeness (QED) is 0.771. The van der Waals surface area contributed by atoms with Crippen molar-refractivity contribution < 1.29 is 0 Å². The molecule has 0 atom stereocenters. The van der Waals surface area contributed by atoms with Crippen LogP contribution < -0.4 is 5.73 Å². The molecule has 0 saturated carbocycles. The van der Waals surface area contributed by atoms with E-state index in [4.69, 9.17) is 40.5 Å². The van der Waals surface area contributed by atoms with Gasteiger partial charge in [0.2, 0.25) is 0 Å². The Morgan fingerprint density at radius 3 is 2.47 bits per heavy atom. The van der Waals surface area contributed by atoms with Crippen LogP contribution in [0.1, 0.15) is 0 Å². The van der Waals surface area contributed by atoms with E-state index in [1.165, 1.54) is 0 Å². The van der Waals surface area contributed by atoms with Crippen LogP contribution in [0, 0.1) is 0 Å². The van der Waals surface area contributed by atoms with Gasteiger partial charge in [-0.1, -0.05) is 34.8 Å². The van der Waals surface area contributed by atoms with Crippen LogP contribution in [0.3, 0.4) is 0 Å². The molecule has 0 fully saturated rings. The van der Waals surface area contributed by atoms with Crippen molar-refractivity contribution in [2.75, 3.05) is 5.73 Å². The van der Waals surface area contributed by atoms with Gasteiger partial charge in [-0.15, -0.1) is 0 Å². The van der Waals surface area contributed by atoms with Gasteiger partial charge in [0.15, 0.2) is 0 Å². The summed E-state index contributed by atoms with van der Waals surface area (Å²) in [4.78, 5) is 0. The lowest BCUT2D eigenvalue weighted by molar-refractivity contribution is 1.10. The van der Waals surface area contributed by atoms with Gasteiger partial charge < -0.3 is 5.73 Å². The van der Waals surface area contributed by atoms with Gasteiger partial charge in [0.1, 0.15) is 5.69 Å². The summed E-state index contributed by atoms with van der Waals surface area (Å²) >= 11 is 17.8. The fourth-order valence-electron chi connectivity index (χ4n) is 1.25. The number of nitrogens with one attached hydrogen (secondary N) is 1. The highest BCUT2D eigenvalue weighted by molar-refractivity contribution is 6.44. The summed E-state index contributed by atoms with van der Waals surface area (Å²) in [6.45, 7) is 0. The average molecular weight is 263 g/mol. The second kappa shape index (κ2) is 3.93. The Kier molecular flexibility index (Phi) is 2.78. The van der Waals surface area contributed by atoms with Crippen LogP contribution in [-0.4, -0.2) is 10.2 Å². The largest absolute Gasteiger partial charge is 0.399 e. The van der Waals surface area contributed by atoms with Gasteiger partial charge in [-0.2, -0.15) is 5.10 Å². The van der Waals surface area contributed by atoms with Crippen LogP contribution in [0.15, 0.2) is 18.3 Å². The number of hydrogen-bond acceptors (Lipinski definition) is 2. The highest BCUT2D eigenvalue weighted by Crippen LogP contribution is 2.37. The van der Waals surface area contributed by atoms with Crippen LogP contribution in [0.25, 0.3) is 11.3 Å². The number of hydrogen-bond donors (Lipinski definition) is 2. The highest BCUT2D eigenvalue weighted by Gasteiger charge is 2.13. The van der Waals surface area contributed by atoms with Crippen LogP contribution in [0.2, 0.25) is 15.1 Å². The van der Waals surface area contributed by atoms with E-state index < -0.39 is 0 Å². The smallest absolute Gasteiger partial charge is 0.112 e. The molecule has 0 unspecified atom stereocenters. The minimum absolute atomic E-state index is 0.380. The maximum Gasteiger partial charge on any atom is 0.112 e. The molecule has 0 spiro atoms. The van der Waals surface area contributed by atoms with Crippen molar-refractivity contribution >= 4 is 40.5 Å². The summed E-state index contributed by atoms with van der Waals surface area (Å²) in [5.74, 6) is 0. The molecule has 0 bridgehead atoms. The molecule has 3 N–H and O–H groups in total. The van der Waals surface area contributed by atoms with Crippen molar-refractivity contribution in [2.45, 2.75) is 0 Å². The summed E-state index contributed by atoms with van der Waals surface area (Å²) in [7, 11) is 0. The molecule has 0 saturated heterocycles. The van der Waals surface area contributed by atoms with E-state index in [0.717, 1.165) is 0 Å². The van der Waals surface area contributed by atoms with E-state index in [-0.39, 0.29) is 0 Å². The Morgan fingerprint density at radius 2 is 1.87 bits per heavy atom. The van der Waals surface area contributed by atoms with Crippen LogP contribution in [0.5, 0.6) is 0 Å². The van der Waals surface area contributed by atoms with E-state index in [1.807, 2.05) is 0 Å². The zero-order valence-corrected chi connectivity index (χ0v) is 9.66. The second-order valence-corrected chi connectivity index (χ2v) is 4.14. The zero-order valence-electron chi connectivity index (χ0n) is 7.39. The number of nitrogens with zero attached hydrogens (tertiary/aromatic N) is 1. The summed E-state index contributed by atoms with van der Waals surface area (Å²) in [6, 6.07) is 3.25. The standard InChI is InChI=1S/C9H6Cl3N3/c10-6-2-4(13)1-5(8(6)12)9-7(11)3-14-15-9/h1-3H,13H2,(H,14,15). The van der Waals surface area contributed by atoms with Gasteiger partial charge in [0.25, 0.3) is 0 Å². The van der Waals surface area contributed by atoms with Gasteiger partial charge >= 0.3 is 0 Å². The maximum atomic E-state index is 6.03. The summed E-state index contributed by atoms with van der Waals surface area (Å²) < 4.78 is 0. The molecule has 3 nitrogen and oxygen atoms in total. The summed E-state index contributed by atoms with van der Waals surface area (Å²) in [5.41, 5.74) is 7.33. The van der Waals surface area contributed by atoms with Crippen LogP contribution in [0.4, 0.5) is 5.69 Å². The lowest BCUT2D eigenvalue weighted by Gasteiger charge is -2.05. The Balaban J connectivity index is 2.68. The van der Waals surface area contributed by atoms with Gasteiger partial charge in [-0.3, -0.25) is 5.10 Å². The first-order chi connectivity index (χ1) is 7.09. The number of H-pyrrole nitrogens is 1. The average Bonchev–Trinajstić information content (AvgIpc) is 2.58. The monoisotopic (exact) mass is 261 g/mol. The Hall–Kier alpha value is -0.900. The van der Waals surface area contributed by atoms with Gasteiger partial charge in [0.05, 0.1) is 15.1 Å². The first-order valence-electron chi connectivity index (χ1n) is 4.03. The summed E-state index contributed by atoms with van der Waals surface area (Å²) in [5, 5.41) is 7.85. The highest BCUT2D eigenvalue weighted by atomic mass is 35.5. The van der Waals surface area contributed by atoms with Crippen LogP contribution in [-0.2, 0) is 0 Å². The zero-order chi connectivity index (χ0) is 11.0. The van der Waals surface area contributed by atoms with E-state index in [1.54, 1.807) is 18.3 Å². The molecule has 1 aromatic heterocycles. The number of nitrogens with two attached hydrogens (primary N) is 1. The third kappa shape index (κ3) is 1.91. The maximum absolute atomic E-state index is 6.03. The van der Waals surface area contributed by atoms with Crippen molar-refractivity contribution in [3.8, 4) is 11.3 Å². The van der Waals surface area contributed by atoms with Crippen molar-refractivity contribution in [2.24, 2.45) is 0 Å². The Labute approximate surface area is 101 Å². The number of aromatic amines is 1. The normalized spacial score (nSPS) is 10.6. The minimum atomic E-state index is 0.380. The third-order valence-corrected chi connectivity index (χ3v) is 2.99. The molecule has 1 heterocycles. The molecule has 2 rings (SSSR count). The third-order valence-electron chi connectivity index (χ3n) is 1.90. The molecule has 2 aromatic rings. The molecule has 0 aliphatic heterocycles. The molecule has 6 heteroatoms. The number of aromatic nitrogens is 2. The predicted octanol–water partition coefficient (Wildman–Crippen LogP) is 3.62. The van der Waals surface area contributed by atoms with Crippen molar-refractivity contribution in [1.29, 1.82) is 0 Å². The molecule has 15 heavy (non-hydrogen) atoms. The molecule has 0 amide bonds. The van der Waals surface area contributed by atoms with Crippen molar-refractivity contribution in [1.82, 2.24) is 10.2 Å². The number of rotatable bonds is 1. The van der Waals surface area contributed by atoms with E-state index >= 15 is 0 Å². The molecule has 0 aliphatic rings. The Morgan fingerprint density at radius 1 is 1.13 bits per heavy atom. The predicted molar refractivity (Wildman–Crippen MR) is 63.5 cm³/mol. The molecule has 1 aromatic carbocycles. The van der Waals surface area contributed by atoms with Crippen molar-refractivity contribution in [3.05, 3.63) is 33.4 Å². The number of halogens is 3. The Bertz CT molecular complexity index is 507. The van der Waals surface area contributed by atoms with Crippen molar-refractivity contribution in [3.63, 3.8) is 0 Å².